The maximum Gasteiger partial charge on any atom is 0.151 e. The molecule has 0 aromatic carbocycles. The smallest absolute Gasteiger partial charge is 0.151 e. The molecule has 1 unspecified atom stereocenters. The number of hydrogen-bond acceptors (Lipinski definition) is 4. The number of piperazine rings is 1. The lowest BCUT2D eigenvalue weighted by atomic mass is 9.99. The van der Waals surface area contributed by atoms with Crippen molar-refractivity contribution in [1.29, 1.82) is 0 Å². The summed E-state index contributed by atoms with van der Waals surface area (Å²) in [6.45, 7) is 8.82. The van der Waals surface area contributed by atoms with E-state index in [1.54, 1.807) is 0 Å². The molecule has 0 bridgehead atoms. The molecular weight excluding hydrogens is 224 g/mol. The molecule has 1 aromatic rings. The van der Waals surface area contributed by atoms with Crippen molar-refractivity contribution < 1.29 is 0 Å². The number of piperidine rings is 1. The number of fused-ring (bicyclic) bond motifs is 1. The van der Waals surface area contributed by atoms with E-state index in [9.17, 15) is 0 Å². The third-order valence-corrected chi connectivity index (χ3v) is 4.38. The molecular formula is C14H22N4. The van der Waals surface area contributed by atoms with Crippen LogP contribution >= 0.6 is 0 Å². The molecule has 2 saturated heterocycles. The van der Waals surface area contributed by atoms with Crippen molar-refractivity contribution >= 4 is 5.82 Å². The van der Waals surface area contributed by atoms with Crippen LogP contribution in [0.4, 0.5) is 5.82 Å². The lowest BCUT2D eigenvalue weighted by Crippen LogP contribution is -2.55. The van der Waals surface area contributed by atoms with Crippen molar-refractivity contribution in [3.63, 3.8) is 0 Å². The molecule has 1 atom stereocenters. The summed E-state index contributed by atoms with van der Waals surface area (Å²) in [5.74, 6) is 1.06. The van der Waals surface area contributed by atoms with Gasteiger partial charge in [0.2, 0.25) is 0 Å². The van der Waals surface area contributed by atoms with Gasteiger partial charge in [0.05, 0.1) is 5.69 Å². The Balaban J connectivity index is 1.75. The number of aromatic nitrogens is 2. The second kappa shape index (κ2) is 4.84. The summed E-state index contributed by atoms with van der Waals surface area (Å²) < 4.78 is 0. The maximum atomic E-state index is 4.36. The zero-order valence-electron chi connectivity index (χ0n) is 11.4. The van der Waals surface area contributed by atoms with Gasteiger partial charge in [-0.1, -0.05) is 6.42 Å². The van der Waals surface area contributed by atoms with Crippen LogP contribution in [0.25, 0.3) is 0 Å². The van der Waals surface area contributed by atoms with Crippen LogP contribution in [-0.4, -0.2) is 47.3 Å². The number of aryl methyl sites for hydroxylation is 2. The molecule has 4 nitrogen and oxygen atoms in total. The molecule has 0 aliphatic carbocycles. The van der Waals surface area contributed by atoms with Crippen LogP contribution in [-0.2, 0) is 0 Å². The number of hydrogen-bond donors (Lipinski definition) is 0. The maximum absolute atomic E-state index is 4.36. The molecule has 0 N–H and O–H groups in total. The highest BCUT2D eigenvalue weighted by Gasteiger charge is 2.29. The molecule has 0 saturated carbocycles. The van der Waals surface area contributed by atoms with Gasteiger partial charge in [-0.25, -0.2) is 0 Å². The average Bonchev–Trinajstić information content (AvgIpc) is 2.41. The lowest BCUT2D eigenvalue weighted by Gasteiger charge is -2.44. The molecule has 2 aliphatic rings. The van der Waals surface area contributed by atoms with Crippen LogP contribution in [0.1, 0.15) is 30.5 Å². The first-order valence-electron chi connectivity index (χ1n) is 7.04. The largest absolute Gasteiger partial charge is 0.352 e. The molecule has 2 aliphatic heterocycles. The first-order chi connectivity index (χ1) is 8.74. The Labute approximate surface area is 109 Å². The van der Waals surface area contributed by atoms with Crippen LogP contribution < -0.4 is 4.90 Å². The van der Waals surface area contributed by atoms with Crippen molar-refractivity contribution in [2.75, 3.05) is 31.1 Å². The average molecular weight is 246 g/mol. The summed E-state index contributed by atoms with van der Waals surface area (Å²) in [5.41, 5.74) is 2.28. The minimum absolute atomic E-state index is 0.732. The molecule has 3 rings (SSSR count). The van der Waals surface area contributed by atoms with E-state index in [4.69, 9.17) is 0 Å². The van der Waals surface area contributed by atoms with E-state index in [1.165, 1.54) is 37.9 Å². The first kappa shape index (κ1) is 11.9. The Kier molecular flexibility index (Phi) is 3.20. The SMILES string of the molecule is Cc1cc(N2CCN3CCCCC3C2)nnc1C. The van der Waals surface area contributed by atoms with E-state index in [0.717, 1.165) is 30.6 Å². The second-order valence-electron chi connectivity index (χ2n) is 5.60. The molecule has 1 aromatic heterocycles. The Morgan fingerprint density at radius 2 is 2.00 bits per heavy atom. The molecule has 0 radical (unpaired) electrons. The fraction of sp³-hybridized carbons (Fsp3) is 0.714. The summed E-state index contributed by atoms with van der Waals surface area (Å²) in [6.07, 6.45) is 4.10. The quantitative estimate of drug-likeness (QED) is 0.756. The van der Waals surface area contributed by atoms with Gasteiger partial charge in [0.25, 0.3) is 0 Å². The van der Waals surface area contributed by atoms with E-state index >= 15 is 0 Å². The highest BCUT2D eigenvalue weighted by atomic mass is 15.3. The summed E-state index contributed by atoms with van der Waals surface area (Å²) in [5, 5.41) is 8.61. The van der Waals surface area contributed by atoms with Gasteiger partial charge in [-0.15, -0.1) is 5.10 Å². The van der Waals surface area contributed by atoms with Gasteiger partial charge in [-0.2, -0.15) is 5.10 Å². The van der Waals surface area contributed by atoms with Crippen LogP contribution in [0.3, 0.4) is 0 Å². The van der Waals surface area contributed by atoms with Gasteiger partial charge in [0, 0.05) is 25.7 Å². The minimum Gasteiger partial charge on any atom is -0.352 e. The van der Waals surface area contributed by atoms with Gasteiger partial charge < -0.3 is 4.90 Å². The van der Waals surface area contributed by atoms with Gasteiger partial charge in [0.15, 0.2) is 5.82 Å². The topological polar surface area (TPSA) is 32.3 Å². The molecule has 4 heteroatoms. The normalized spacial score (nSPS) is 25.0. The Hall–Kier alpha value is -1.16. The third-order valence-electron chi connectivity index (χ3n) is 4.38. The molecule has 98 valence electrons. The number of anilines is 1. The van der Waals surface area contributed by atoms with Crippen molar-refractivity contribution in [2.45, 2.75) is 39.2 Å². The summed E-state index contributed by atoms with van der Waals surface area (Å²) >= 11 is 0. The van der Waals surface area contributed by atoms with Crippen LogP contribution in [0.5, 0.6) is 0 Å². The summed E-state index contributed by atoms with van der Waals surface area (Å²) in [7, 11) is 0. The van der Waals surface area contributed by atoms with E-state index in [1.807, 2.05) is 6.92 Å². The van der Waals surface area contributed by atoms with Crippen LogP contribution in [0, 0.1) is 13.8 Å². The van der Waals surface area contributed by atoms with Gasteiger partial charge in [-0.05, 0) is 44.9 Å². The van der Waals surface area contributed by atoms with E-state index < -0.39 is 0 Å². The number of rotatable bonds is 1. The van der Waals surface area contributed by atoms with Gasteiger partial charge in [-0.3, -0.25) is 4.90 Å². The van der Waals surface area contributed by atoms with Crippen LogP contribution in [0.15, 0.2) is 6.07 Å². The van der Waals surface area contributed by atoms with Crippen molar-refractivity contribution in [2.24, 2.45) is 0 Å². The predicted molar refractivity (Wildman–Crippen MR) is 72.9 cm³/mol. The first-order valence-corrected chi connectivity index (χ1v) is 7.04. The Bertz CT molecular complexity index is 432. The number of nitrogens with zero attached hydrogens (tertiary/aromatic N) is 4. The Morgan fingerprint density at radius 3 is 2.83 bits per heavy atom. The van der Waals surface area contributed by atoms with Crippen molar-refractivity contribution in [3.8, 4) is 0 Å². The highest BCUT2D eigenvalue weighted by molar-refractivity contribution is 5.41. The van der Waals surface area contributed by atoms with E-state index in [0.29, 0.717) is 0 Å². The third kappa shape index (κ3) is 2.21. The molecule has 2 fully saturated rings. The molecule has 3 heterocycles. The van der Waals surface area contributed by atoms with E-state index in [2.05, 4.69) is 33.0 Å². The Morgan fingerprint density at radius 1 is 1.11 bits per heavy atom. The van der Waals surface area contributed by atoms with E-state index in [-0.39, 0.29) is 0 Å². The standard InChI is InChI=1S/C14H22N4/c1-11-9-14(16-15-12(11)2)18-8-7-17-6-4-3-5-13(17)10-18/h9,13H,3-8,10H2,1-2H3. The van der Waals surface area contributed by atoms with Crippen molar-refractivity contribution in [3.05, 3.63) is 17.3 Å². The summed E-state index contributed by atoms with van der Waals surface area (Å²) in [6, 6.07) is 2.91. The fourth-order valence-electron chi connectivity index (χ4n) is 3.05. The fourth-order valence-corrected chi connectivity index (χ4v) is 3.05. The molecule has 0 spiro atoms. The summed E-state index contributed by atoms with van der Waals surface area (Å²) in [4.78, 5) is 5.06. The lowest BCUT2D eigenvalue weighted by molar-refractivity contribution is 0.133. The van der Waals surface area contributed by atoms with Gasteiger partial charge in [0.1, 0.15) is 0 Å². The predicted octanol–water partition coefficient (Wildman–Crippen LogP) is 1.77. The zero-order chi connectivity index (χ0) is 12.5. The monoisotopic (exact) mass is 246 g/mol. The highest BCUT2D eigenvalue weighted by Crippen LogP contribution is 2.24. The second-order valence-corrected chi connectivity index (χ2v) is 5.60. The van der Waals surface area contributed by atoms with Crippen LogP contribution in [0.2, 0.25) is 0 Å². The molecule has 0 amide bonds. The zero-order valence-corrected chi connectivity index (χ0v) is 11.4. The minimum atomic E-state index is 0.732. The van der Waals surface area contributed by atoms with Crippen molar-refractivity contribution in [1.82, 2.24) is 15.1 Å². The molecule has 18 heavy (non-hydrogen) atoms. The van der Waals surface area contributed by atoms with Gasteiger partial charge >= 0.3 is 0 Å².